The SMILES string of the molecule is CCCCCN(C(=O)C(CO)NC(=O)OC(C)(C)C)C(C(=O)Nc1ccc(OC)cc1)c1ccc(O)c(C)c1. The van der Waals surface area contributed by atoms with Crippen LogP contribution in [0.2, 0.25) is 0 Å². The number of aliphatic hydroxyl groups excluding tert-OH is 1. The van der Waals surface area contributed by atoms with Crippen molar-refractivity contribution in [2.45, 2.75) is 71.6 Å². The van der Waals surface area contributed by atoms with Crippen molar-refractivity contribution in [1.82, 2.24) is 10.2 Å². The molecule has 0 bridgehead atoms. The van der Waals surface area contributed by atoms with Gasteiger partial charge in [-0.05, 0) is 81.6 Å². The highest BCUT2D eigenvalue weighted by Crippen LogP contribution is 2.29. The van der Waals surface area contributed by atoms with Gasteiger partial charge in [0.2, 0.25) is 5.91 Å². The first-order valence-corrected chi connectivity index (χ1v) is 13.1. The number of nitrogens with one attached hydrogen (secondary N) is 2. The highest BCUT2D eigenvalue weighted by molar-refractivity contribution is 5.99. The Kier molecular flexibility index (Phi) is 11.6. The molecule has 0 aromatic heterocycles. The number of amides is 3. The standard InChI is InChI=1S/C29H41N3O7/c1-7-8-9-16-32(27(36)23(18-33)31-28(37)39-29(3,4)5)25(20-10-15-24(34)19(2)17-20)26(35)30-21-11-13-22(38-6)14-12-21/h10-15,17,23,25,33-34H,7-9,16,18H2,1-6H3,(H,30,35)(H,31,37). The van der Waals surface area contributed by atoms with Crippen LogP contribution in [0.25, 0.3) is 0 Å². The van der Waals surface area contributed by atoms with Gasteiger partial charge in [-0.2, -0.15) is 0 Å². The number of aromatic hydroxyl groups is 1. The summed E-state index contributed by atoms with van der Waals surface area (Å²) in [5, 5.41) is 25.4. The van der Waals surface area contributed by atoms with Crippen molar-refractivity contribution in [1.29, 1.82) is 0 Å². The Balaban J connectivity index is 2.50. The van der Waals surface area contributed by atoms with E-state index in [2.05, 4.69) is 10.6 Å². The van der Waals surface area contributed by atoms with Crippen LogP contribution in [0.1, 0.15) is 64.1 Å². The third-order valence-electron chi connectivity index (χ3n) is 5.91. The summed E-state index contributed by atoms with van der Waals surface area (Å²) in [4.78, 5) is 41.4. The summed E-state index contributed by atoms with van der Waals surface area (Å²) in [6.45, 7) is 8.28. The third-order valence-corrected chi connectivity index (χ3v) is 5.91. The van der Waals surface area contributed by atoms with Gasteiger partial charge in [0.05, 0.1) is 13.7 Å². The van der Waals surface area contributed by atoms with Crippen LogP contribution in [0.5, 0.6) is 11.5 Å². The van der Waals surface area contributed by atoms with Crippen molar-refractivity contribution in [3.05, 3.63) is 53.6 Å². The quantitative estimate of drug-likeness (QED) is 0.293. The predicted molar refractivity (Wildman–Crippen MR) is 149 cm³/mol. The zero-order chi connectivity index (χ0) is 29.2. The molecule has 2 unspecified atom stereocenters. The molecule has 2 rings (SSSR count). The van der Waals surface area contributed by atoms with Crippen LogP contribution in [0.15, 0.2) is 42.5 Å². The smallest absolute Gasteiger partial charge is 0.408 e. The number of methoxy groups -OCH3 is 1. The topological polar surface area (TPSA) is 137 Å². The molecule has 4 N–H and O–H groups in total. The van der Waals surface area contributed by atoms with Crippen LogP contribution in [-0.2, 0) is 14.3 Å². The van der Waals surface area contributed by atoms with E-state index in [1.54, 1.807) is 71.2 Å². The molecule has 10 heteroatoms. The van der Waals surface area contributed by atoms with Gasteiger partial charge in [-0.25, -0.2) is 4.79 Å². The molecule has 0 heterocycles. The number of nitrogens with zero attached hydrogens (tertiary/aromatic N) is 1. The van der Waals surface area contributed by atoms with Crippen LogP contribution in [0, 0.1) is 6.92 Å². The van der Waals surface area contributed by atoms with Crippen LogP contribution < -0.4 is 15.4 Å². The summed E-state index contributed by atoms with van der Waals surface area (Å²) in [6, 6.07) is 8.99. The maximum absolute atomic E-state index is 13.8. The number of unbranched alkanes of at least 4 members (excludes halogenated alkanes) is 2. The summed E-state index contributed by atoms with van der Waals surface area (Å²) in [5.74, 6) is -0.463. The largest absolute Gasteiger partial charge is 0.508 e. The van der Waals surface area contributed by atoms with Crippen molar-refractivity contribution in [2.75, 3.05) is 25.6 Å². The Morgan fingerprint density at radius 3 is 2.26 bits per heavy atom. The number of aryl methyl sites for hydroxylation is 1. The van der Waals surface area contributed by atoms with Gasteiger partial charge < -0.3 is 35.2 Å². The molecule has 0 radical (unpaired) electrons. The number of hydrogen-bond donors (Lipinski definition) is 4. The van der Waals surface area contributed by atoms with Crippen LogP contribution in [-0.4, -0.2) is 64.9 Å². The molecule has 3 amide bonds. The maximum Gasteiger partial charge on any atom is 0.408 e. The molecule has 39 heavy (non-hydrogen) atoms. The number of carbonyl (C=O) groups is 3. The lowest BCUT2D eigenvalue weighted by Crippen LogP contribution is -2.54. The van der Waals surface area contributed by atoms with E-state index in [1.807, 2.05) is 6.92 Å². The summed E-state index contributed by atoms with van der Waals surface area (Å²) in [7, 11) is 1.54. The molecule has 0 saturated heterocycles. The van der Waals surface area contributed by atoms with E-state index >= 15 is 0 Å². The lowest BCUT2D eigenvalue weighted by molar-refractivity contribution is -0.141. The van der Waals surface area contributed by atoms with Gasteiger partial charge >= 0.3 is 6.09 Å². The highest BCUT2D eigenvalue weighted by atomic mass is 16.6. The fourth-order valence-electron chi connectivity index (χ4n) is 3.94. The maximum atomic E-state index is 13.8. The van der Waals surface area contributed by atoms with Crippen molar-refractivity contribution >= 4 is 23.6 Å². The Bertz CT molecular complexity index is 1110. The van der Waals surface area contributed by atoms with E-state index in [-0.39, 0.29) is 12.3 Å². The van der Waals surface area contributed by atoms with E-state index in [4.69, 9.17) is 9.47 Å². The molecule has 214 valence electrons. The Morgan fingerprint density at radius 2 is 1.72 bits per heavy atom. The van der Waals surface area contributed by atoms with E-state index < -0.39 is 42.2 Å². The fraction of sp³-hybridized carbons (Fsp3) is 0.483. The molecule has 0 fully saturated rings. The van der Waals surface area contributed by atoms with E-state index in [0.717, 1.165) is 12.8 Å². The normalized spacial score (nSPS) is 12.7. The van der Waals surface area contributed by atoms with Crippen LogP contribution in [0.3, 0.4) is 0 Å². The number of carbonyl (C=O) groups excluding carboxylic acids is 3. The monoisotopic (exact) mass is 543 g/mol. The molecule has 2 aromatic rings. The lowest BCUT2D eigenvalue weighted by Gasteiger charge is -2.34. The molecule has 0 aliphatic carbocycles. The van der Waals surface area contributed by atoms with Gasteiger partial charge in [0.15, 0.2) is 0 Å². The molecule has 2 atom stereocenters. The number of anilines is 1. The Hall–Kier alpha value is -3.79. The first-order valence-electron chi connectivity index (χ1n) is 13.1. The number of phenols is 1. The zero-order valence-electron chi connectivity index (χ0n) is 23.6. The van der Waals surface area contributed by atoms with Crippen molar-refractivity contribution in [3.8, 4) is 11.5 Å². The summed E-state index contributed by atoms with van der Waals surface area (Å²) >= 11 is 0. The van der Waals surface area contributed by atoms with Crippen LogP contribution in [0.4, 0.5) is 10.5 Å². The zero-order valence-corrected chi connectivity index (χ0v) is 23.6. The number of ether oxygens (including phenoxy) is 2. The number of alkyl carbamates (subject to hydrolysis) is 1. The minimum atomic E-state index is -1.34. The summed E-state index contributed by atoms with van der Waals surface area (Å²) in [6.07, 6.45) is 1.41. The fourth-order valence-corrected chi connectivity index (χ4v) is 3.94. The second-order valence-electron chi connectivity index (χ2n) is 10.3. The summed E-state index contributed by atoms with van der Waals surface area (Å²) in [5.41, 5.74) is 0.683. The van der Waals surface area contributed by atoms with Gasteiger partial charge in [0.1, 0.15) is 29.2 Å². The second-order valence-corrected chi connectivity index (χ2v) is 10.3. The molecule has 0 aliphatic rings. The van der Waals surface area contributed by atoms with Gasteiger partial charge in [-0.15, -0.1) is 0 Å². The molecular formula is C29H41N3O7. The van der Waals surface area contributed by atoms with Gasteiger partial charge in [-0.3, -0.25) is 9.59 Å². The van der Waals surface area contributed by atoms with Crippen molar-refractivity contribution in [3.63, 3.8) is 0 Å². The lowest BCUT2D eigenvalue weighted by atomic mass is 9.99. The molecule has 0 spiro atoms. The number of phenolic OH excluding ortho intramolecular Hbond substituents is 1. The first-order chi connectivity index (χ1) is 18.4. The van der Waals surface area contributed by atoms with Gasteiger partial charge in [-0.1, -0.05) is 25.8 Å². The van der Waals surface area contributed by atoms with E-state index in [1.165, 1.54) is 11.0 Å². The van der Waals surface area contributed by atoms with Gasteiger partial charge in [0.25, 0.3) is 5.91 Å². The minimum Gasteiger partial charge on any atom is -0.508 e. The Morgan fingerprint density at radius 1 is 1.05 bits per heavy atom. The highest BCUT2D eigenvalue weighted by Gasteiger charge is 2.36. The average Bonchev–Trinajstić information content (AvgIpc) is 2.87. The van der Waals surface area contributed by atoms with E-state index in [0.29, 0.717) is 29.0 Å². The van der Waals surface area contributed by atoms with Gasteiger partial charge in [0, 0.05) is 12.2 Å². The first kappa shape index (κ1) is 31.4. The minimum absolute atomic E-state index is 0.0525. The number of benzene rings is 2. The second kappa shape index (κ2) is 14.4. The molecule has 10 nitrogen and oxygen atoms in total. The average molecular weight is 544 g/mol. The van der Waals surface area contributed by atoms with Crippen molar-refractivity contribution in [2.24, 2.45) is 0 Å². The molecule has 0 saturated carbocycles. The van der Waals surface area contributed by atoms with E-state index in [9.17, 15) is 24.6 Å². The molecular weight excluding hydrogens is 502 g/mol. The van der Waals surface area contributed by atoms with Crippen LogP contribution >= 0.6 is 0 Å². The number of rotatable bonds is 12. The number of aliphatic hydroxyl groups is 1. The Labute approximate surface area is 230 Å². The van der Waals surface area contributed by atoms with Crippen molar-refractivity contribution < 1.29 is 34.1 Å². The third kappa shape index (κ3) is 9.47. The summed E-state index contributed by atoms with van der Waals surface area (Å²) < 4.78 is 10.5. The molecule has 2 aromatic carbocycles. The number of hydrogen-bond acceptors (Lipinski definition) is 7. The molecule has 0 aliphatic heterocycles. The predicted octanol–water partition coefficient (Wildman–Crippen LogP) is 4.29.